The minimum atomic E-state index is -3.51. The molecule has 362 valence electrons. The summed E-state index contributed by atoms with van der Waals surface area (Å²) < 4.78 is 51.8. The third-order valence-electron chi connectivity index (χ3n) is 4.68. The Morgan fingerprint density at radius 1 is 0.183 bits per heavy atom. The summed E-state index contributed by atoms with van der Waals surface area (Å²) in [6, 6.07) is 0. The summed E-state index contributed by atoms with van der Waals surface area (Å²) in [5, 5.41) is 0. The first-order valence-electron chi connectivity index (χ1n) is 17.8. The molecule has 0 aromatic heterocycles. The van der Waals surface area contributed by atoms with E-state index in [-0.39, 0.29) is 172 Å². The molecule has 0 unspecified atom stereocenters. The Morgan fingerprint density at radius 3 is 0.350 bits per heavy atom. The smallest absolute Gasteiger partial charge is 0.264 e. The SMILES string of the molecule is CS(=O)(=O)OCCOOCCOOCCOOCCOOCCOOCCOOCCOOCCOOCCOOCCOOCCOOCCOOCCOS(C)(=O)=O. The molecule has 0 saturated heterocycles. The number of hydrogen-bond donors (Lipinski definition) is 0. The average molecular weight is 939 g/mol. The lowest BCUT2D eigenvalue weighted by molar-refractivity contribution is -0.380. The molecule has 0 aliphatic rings. The lowest BCUT2D eigenvalue weighted by Crippen LogP contribution is -2.14. The Kier molecular flexibility index (Phi) is 46.4. The van der Waals surface area contributed by atoms with Gasteiger partial charge in [-0.05, 0) is 0 Å². The molecule has 0 aromatic rings. The van der Waals surface area contributed by atoms with Crippen LogP contribution < -0.4 is 0 Å². The summed E-state index contributed by atoms with van der Waals surface area (Å²) in [5.74, 6) is 0. The normalized spacial score (nSPS) is 12.2. The van der Waals surface area contributed by atoms with Crippen LogP contribution in [0.4, 0.5) is 0 Å². The second kappa shape index (κ2) is 47.3. The molecule has 0 atom stereocenters. The molecule has 0 bridgehead atoms. The summed E-state index contributed by atoms with van der Waals surface area (Å²) in [7, 11) is -7.03. The van der Waals surface area contributed by atoms with Gasteiger partial charge >= 0.3 is 0 Å². The van der Waals surface area contributed by atoms with E-state index in [2.05, 4.69) is 18.1 Å². The predicted molar refractivity (Wildman–Crippen MR) is 184 cm³/mol. The highest BCUT2D eigenvalue weighted by atomic mass is 32.2. The van der Waals surface area contributed by atoms with E-state index in [1.54, 1.807) is 0 Å². The Hall–Kier alpha value is -1.14. The van der Waals surface area contributed by atoms with E-state index in [4.69, 9.17) is 108 Å². The van der Waals surface area contributed by atoms with Gasteiger partial charge in [-0.15, -0.1) is 0 Å². The van der Waals surface area contributed by atoms with E-state index in [9.17, 15) is 16.8 Å². The fourth-order valence-corrected chi connectivity index (χ4v) is 3.34. The first-order chi connectivity index (χ1) is 29.2. The highest BCUT2D eigenvalue weighted by Gasteiger charge is 2.03. The standard InChI is InChI=1S/C28H58O30S2/c1-59(29,30)57-27-25-55-53-23-21-51-49-19-17-47-45-15-13-43-41-11-9-39-37-7-5-35-33-3-4-34-36-6-8-38-40-10-12-42-44-14-16-46-48-18-20-50-52-22-24-54-56-26-28-58-60(2,31)32/h3-28H2,1-2H3. The van der Waals surface area contributed by atoms with Crippen LogP contribution in [0.3, 0.4) is 0 Å². The van der Waals surface area contributed by atoms with Gasteiger partial charge in [0, 0.05) is 0 Å². The molecule has 0 aromatic carbocycles. The van der Waals surface area contributed by atoms with E-state index >= 15 is 0 Å². The van der Waals surface area contributed by atoms with Gasteiger partial charge < -0.3 is 0 Å². The first-order valence-corrected chi connectivity index (χ1v) is 21.5. The number of rotatable bonds is 53. The van der Waals surface area contributed by atoms with Crippen molar-refractivity contribution in [1.82, 2.24) is 0 Å². The van der Waals surface area contributed by atoms with Gasteiger partial charge in [0.15, 0.2) is 0 Å². The van der Waals surface area contributed by atoms with Crippen molar-refractivity contribution in [2.45, 2.75) is 0 Å². The Balaban J connectivity index is 3.09. The molecule has 0 spiro atoms. The summed E-state index contributed by atoms with van der Waals surface area (Å²) in [5.41, 5.74) is 0. The average Bonchev–Trinajstić information content (AvgIpc) is 3.20. The third kappa shape index (κ3) is 56.9. The zero-order valence-corrected chi connectivity index (χ0v) is 35.1. The van der Waals surface area contributed by atoms with Crippen molar-refractivity contribution in [3.8, 4) is 0 Å². The van der Waals surface area contributed by atoms with Crippen molar-refractivity contribution in [3.63, 3.8) is 0 Å². The molecule has 0 aliphatic carbocycles. The topological polar surface area (TPSA) is 308 Å². The molecule has 0 saturated carbocycles. The molecule has 0 N–H and O–H groups in total. The molecular formula is C28H58O30S2. The van der Waals surface area contributed by atoms with Crippen LogP contribution in [0.5, 0.6) is 0 Å². The second-order valence-corrected chi connectivity index (χ2v) is 13.1. The van der Waals surface area contributed by atoms with Crippen molar-refractivity contribution in [2.24, 2.45) is 0 Å². The van der Waals surface area contributed by atoms with Gasteiger partial charge in [0.1, 0.15) is 159 Å². The zero-order valence-electron chi connectivity index (χ0n) is 33.4. The van der Waals surface area contributed by atoms with Crippen LogP contribution in [0.25, 0.3) is 0 Å². The highest BCUT2D eigenvalue weighted by molar-refractivity contribution is 7.86. The maximum Gasteiger partial charge on any atom is 0.264 e. The van der Waals surface area contributed by atoms with Crippen LogP contribution >= 0.6 is 0 Å². The molecule has 0 radical (unpaired) electrons. The van der Waals surface area contributed by atoms with Gasteiger partial charge in [0.05, 0.1) is 25.7 Å². The van der Waals surface area contributed by atoms with Crippen molar-refractivity contribution < 1.29 is 143 Å². The fraction of sp³-hybridized carbons (Fsp3) is 1.00. The maximum absolute atomic E-state index is 10.7. The summed E-state index contributed by atoms with van der Waals surface area (Å²) >= 11 is 0. The van der Waals surface area contributed by atoms with E-state index < -0.39 is 20.2 Å². The monoisotopic (exact) mass is 938 g/mol. The van der Waals surface area contributed by atoms with Crippen LogP contribution in [0.2, 0.25) is 0 Å². The van der Waals surface area contributed by atoms with Crippen molar-refractivity contribution in [3.05, 3.63) is 0 Å². The Bertz CT molecular complexity index is 979. The second-order valence-electron chi connectivity index (χ2n) is 9.78. The molecule has 60 heavy (non-hydrogen) atoms. The van der Waals surface area contributed by atoms with Gasteiger partial charge in [-0.25, -0.2) is 117 Å². The van der Waals surface area contributed by atoms with Gasteiger partial charge in [-0.1, -0.05) is 0 Å². The molecule has 0 fully saturated rings. The largest absolute Gasteiger partial charge is 0.268 e. The molecule has 0 amide bonds. The van der Waals surface area contributed by atoms with Gasteiger partial charge in [0.25, 0.3) is 20.2 Å². The quantitative estimate of drug-likeness (QED) is 0.0284. The van der Waals surface area contributed by atoms with Crippen molar-refractivity contribution in [1.29, 1.82) is 0 Å². The third-order valence-corrected chi connectivity index (χ3v) is 5.87. The van der Waals surface area contributed by atoms with Crippen molar-refractivity contribution >= 4 is 20.2 Å². The van der Waals surface area contributed by atoms with Crippen LogP contribution in [0.1, 0.15) is 0 Å². The summed E-state index contributed by atoms with van der Waals surface area (Å²) in [6.45, 7) is 1.34. The predicted octanol–water partition coefficient (Wildman–Crippen LogP) is -1.68. The van der Waals surface area contributed by atoms with E-state index in [1.807, 2.05) is 0 Å². The number of hydrogen-bond acceptors (Lipinski definition) is 30. The first kappa shape index (κ1) is 58.9. The fourth-order valence-electron chi connectivity index (χ4n) is 2.60. The minimum Gasteiger partial charge on any atom is -0.268 e. The highest BCUT2D eigenvalue weighted by Crippen LogP contribution is 1.93. The van der Waals surface area contributed by atoms with E-state index in [0.29, 0.717) is 0 Å². The minimum absolute atomic E-state index is 0.0476. The zero-order chi connectivity index (χ0) is 43.8. The maximum atomic E-state index is 10.7. The summed E-state index contributed by atoms with van der Waals surface area (Å²) in [4.78, 5) is 116. The molecule has 0 aliphatic heterocycles. The van der Waals surface area contributed by atoms with Gasteiger partial charge in [-0.2, -0.15) is 16.8 Å². The summed E-state index contributed by atoms with van der Waals surface area (Å²) in [6.07, 6.45) is 1.86. The van der Waals surface area contributed by atoms with E-state index in [0.717, 1.165) is 12.5 Å². The molecule has 0 rings (SSSR count). The van der Waals surface area contributed by atoms with Gasteiger partial charge in [-0.3, -0.25) is 8.37 Å². The lowest BCUT2D eigenvalue weighted by Gasteiger charge is -2.07. The van der Waals surface area contributed by atoms with Crippen LogP contribution in [-0.2, 0) is 146 Å². The van der Waals surface area contributed by atoms with E-state index in [1.165, 1.54) is 0 Å². The van der Waals surface area contributed by atoms with Crippen LogP contribution in [-0.4, -0.2) is 201 Å². The molecular weight excluding hydrogens is 880 g/mol. The van der Waals surface area contributed by atoms with Crippen LogP contribution in [0.15, 0.2) is 0 Å². The molecule has 32 heteroatoms. The van der Waals surface area contributed by atoms with Crippen molar-refractivity contribution in [2.75, 3.05) is 184 Å². The Morgan fingerprint density at radius 2 is 0.267 bits per heavy atom. The lowest BCUT2D eigenvalue weighted by atomic mass is 10.8. The van der Waals surface area contributed by atoms with Gasteiger partial charge in [0.2, 0.25) is 0 Å². The van der Waals surface area contributed by atoms with Crippen LogP contribution in [0, 0.1) is 0 Å². The molecule has 30 nitrogen and oxygen atoms in total. The molecule has 0 heterocycles. The Labute approximate surface area is 346 Å².